The van der Waals surface area contributed by atoms with E-state index in [0.29, 0.717) is 18.9 Å². The van der Waals surface area contributed by atoms with Crippen molar-refractivity contribution >= 4 is 5.91 Å². The molecule has 0 saturated heterocycles. The molecule has 0 spiro atoms. The molecule has 0 fully saturated rings. The summed E-state index contributed by atoms with van der Waals surface area (Å²) < 4.78 is 0. The highest BCUT2D eigenvalue weighted by atomic mass is 16.3. The fourth-order valence-electron chi connectivity index (χ4n) is 2.09. The van der Waals surface area contributed by atoms with Gasteiger partial charge in [0.05, 0.1) is 0 Å². The number of rotatable bonds is 7. The van der Waals surface area contributed by atoms with Crippen molar-refractivity contribution in [3.8, 4) is 0 Å². The SMILES string of the molecule is CC(C)CC(CCO)CNC(=O)c1ccc[nH]c1=O. The van der Waals surface area contributed by atoms with Crippen LogP contribution in [0.2, 0.25) is 0 Å². The predicted molar refractivity (Wildman–Crippen MR) is 74.0 cm³/mol. The van der Waals surface area contributed by atoms with Crippen LogP contribution in [-0.2, 0) is 0 Å². The lowest BCUT2D eigenvalue weighted by atomic mass is 9.94. The molecule has 0 saturated carbocycles. The van der Waals surface area contributed by atoms with E-state index in [0.717, 1.165) is 6.42 Å². The minimum atomic E-state index is -0.387. The Kier molecular flexibility index (Phi) is 6.29. The summed E-state index contributed by atoms with van der Waals surface area (Å²) in [6.07, 6.45) is 3.09. The average molecular weight is 266 g/mol. The zero-order chi connectivity index (χ0) is 14.3. The number of H-pyrrole nitrogens is 1. The molecule has 1 heterocycles. The van der Waals surface area contributed by atoms with E-state index in [1.807, 2.05) is 0 Å². The Morgan fingerprint density at radius 2 is 2.21 bits per heavy atom. The molecule has 0 radical (unpaired) electrons. The van der Waals surface area contributed by atoms with Crippen LogP contribution in [0.25, 0.3) is 0 Å². The Morgan fingerprint density at radius 3 is 2.79 bits per heavy atom. The number of aromatic amines is 1. The topological polar surface area (TPSA) is 82.2 Å². The fourth-order valence-corrected chi connectivity index (χ4v) is 2.09. The van der Waals surface area contributed by atoms with Gasteiger partial charge in [0.25, 0.3) is 11.5 Å². The maximum absolute atomic E-state index is 11.9. The number of aromatic nitrogens is 1. The highest BCUT2D eigenvalue weighted by Gasteiger charge is 2.14. The van der Waals surface area contributed by atoms with E-state index >= 15 is 0 Å². The summed E-state index contributed by atoms with van der Waals surface area (Å²) in [5, 5.41) is 11.8. The quantitative estimate of drug-likeness (QED) is 0.692. The number of aliphatic hydroxyl groups is 1. The Hall–Kier alpha value is -1.62. The second kappa shape index (κ2) is 7.74. The molecule has 5 heteroatoms. The van der Waals surface area contributed by atoms with Crippen molar-refractivity contribution in [2.24, 2.45) is 11.8 Å². The maximum atomic E-state index is 11.9. The van der Waals surface area contributed by atoms with E-state index in [1.54, 1.807) is 6.07 Å². The van der Waals surface area contributed by atoms with Crippen molar-refractivity contribution in [1.82, 2.24) is 10.3 Å². The first-order valence-electron chi connectivity index (χ1n) is 6.61. The van der Waals surface area contributed by atoms with Gasteiger partial charge in [0.15, 0.2) is 0 Å². The molecular formula is C14H22N2O3. The molecule has 1 amide bonds. The summed E-state index contributed by atoms with van der Waals surface area (Å²) in [5.74, 6) is 0.374. The van der Waals surface area contributed by atoms with E-state index in [9.17, 15) is 9.59 Å². The molecule has 1 atom stereocenters. The Balaban J connectivity index is 2.57. The van der Waals surface area contributed by atoms with Crippen molar-refractivity contribution in [3.05, 3.63) is 34.2 Å². The van der Waals surface area contributed by atoms with Gasteiger partial charge in [0, 0.05) is 19.3 Å². The van der Waals surface area contributed by atoms with Crippen LogP contribution < -0.4 is 10.9 Å². The average Bonchev–Trinajstić information content (AvgIpc) is 2.36. The van der Waals surface area contributed by atoms with Crippen molar-refractivity contribution in [2.45, 2.75) is 26.7 Å². The van der Waals surface area contributed by atoms with Gasteiger partial charge in [0.1, 0.15) is 5.56 Å². The third-order valence-corrected chi connectivity index (χ3v) is 2.96. The van der Waals surface area contributed by atoms with Gasteiger partial charge < -0.3 is 15.4 Å². The first-order valence-corrected chi connectivity index (χ1v) is 6.61. The van der Waals surface area contributed by atoms with Crippen LogP contribution in [0.5, 0.6) is 0 Å². The van der Waals surface area contributed by atoms with E-state index in [2.05, 4.69) is 24.1 Å². The lowest BCUT2D eigenvalue weighted by Gasteiger charge is -2.18. The van der Waals surface area contributed by atoms with E-state index in [-0.39, 0.29) is 29.6 Å². The molecule has 19 heavy (non-hydrogen) atoms. The van der Waals surface area contributed by atoms with Crippen LogP contribution in [0, 0.1) is 11.8 Å². The van der Waals surface area contributed by atoms with Gasteiger partial charge in [-0.05, 0) is 36.8 Å². The van der Waals surface area contributed by atoms with Crippen LogP contribution >= 0.6 is 0 Å². The van der Waals surface area contributed by atoms with Gasteiger partial charge >= 0.3 is 0 Å². The summed E-state index contributed by atoms with van der Waals surface area (Å²) in [4.78, 5) is 25.8. The van der Waals surface area contributed by atoms with Crippen molar-refractivity contribution in [3.63, 3.8) is 0 Å². The lowest BCUT2D eigenvalue weighted by molar-refractivity contribution is 0.0940. The van der Waals surface area contributed by atoms with Gasteiger partial charge in [0.2, 0.25) is 0 Å². The normalized spacial score (nSPS) is 12.4. The van der Waals surface area contributed by atoms with Gasteiger partial charge in [-0.2, -0.15) is 0 Å². The van der Waals surface area contributed by atoms with Gasteiger partial charge in [-0.25, -0.2) is 0 Å². The van der Waals surface area contributed by atoms with Gasteiger partial charge in [-0.1, -0.05) is 13.8 Å². The number of pyridine rings is 1. The monoisotopic (exact) mass is 266 g/mol. The largest absolute Gasteiger partial charge is 0.396 e. The third kappa shape index (κ3) is 5.26. The van der Waals surface area contributed by atoms with Crippen LogP contribution in [-0.4, -0.2) is 29.1 Å². The maximum Gasteiger partial charge on any atom is 0.260 e. The van der Waals surface area contributed by atoms with E-state index in [4.69, 9.17) is 5.11 Å². The molecule has 1 aromatic heterocycles. The van der Waals surface area contributed by atoms with Gasteiger partial charge in [-0.3, -0.25) is 9.59 Å². The molecule has 1 rings (SSSR count). The number of carbonyl (C=O) groups is 1. The molecule has 3 N–H and O–H groups in total. The fraction of sp³-hybridized carbons (Fsp3) is 0.571. The minimum absolute atomic E-state index is 0.110. The van der Waals surface area contributed by atoms with Crippen molar-refractivity contribution < 1.29 is 9.90 Å². The molecule has 1 unspecified atom stereocenters. The number of carbonyl (C=O) groups excluding carboxylic acids is 1. The summed E-state index contributed by atoms with van der Waals surface area (Å²) in [6, 6.07) is 3.12. The molecule has 0 bridgehead atoms. The molecule has 0 aromatic carbocycles. The number of hydrogen-bond donors (Lipinski definition) is 3. The Bertz CT molecular complexity index is 454. The molecular weight excluding hydrogens is 244 g/mol. The second-order valence-corrected chi connectivity index (χ2v) is 5.13. The Labute approximate surface area is 113 Å². The third-order valence-electron chi connectivity index (χ3n) is 2.96. The first-order chi connectivity index (χ1) is 9.04. The van der Waals surface area contributed by atoms with Crippen molar-refractivity contribution in [1.29, 1.82) is 0 Å². The number of hydrogen-bond acceptors (Lipinski definition) is 3. The number of aliphatic hydroxyl groups excluding tert-OH is 1. The predicted octanol–water partition coefficient (Wildman–Crippen LogP) is 1.15. The standard InChI is InChI=1S/C14H22N2O3/c1-10(2)8-11(5-7-17)9-16-14(19)12-4-3-6-15-13(12)18/h3-4,6,10-11,17H,5,7-9H2,1-2H3,(H,15,18)(H,16,19). The summed E-state index contributed by atoms with van der Waals surface area (Å²) >= 11 is 0. The van der Waals surface area contributed by atoms with Crippen molar-refractivity contribution in [2.75, 3.05) is 13.2 Å². The smallest absolute Gasteiger partial charge is 0.260 e. The van der Waals surface area contributed by atoms with Crippen LogP contribution in [0.4, 0.5) is 0 Å². The second-order valence-electron chi connectivity index (χ2n) is 5.13. The van der Waals surface area contributed by atoms with Crippen LogP contribution in [0.3, 0.4) is 0 Å². The lowest BCUT2D eigenvalue weighted by Crippen LogP contribution is -2.33. The summed E-state index contributed by atoms with van der Waals surface area (Å²) in [5.41, 5.74) is -0.266. The summed E-state index contributed by atoms with van der Waals surface area (Å²) in [7, 11) is 0. The highest BCUT2D eigenvalue weighted by molar-refractivity contribution is 5.93. The summed E-state index contributed by atoms with van der Waals surface area (Å²) in [6.45, 7) is 4.80. The van der Waals surface area contributed by atoms with E-state index < -0.39 is 0 Å². The van der Waals surface area contributed by atoms with Crippen LogP contribution in [0.1, 0.15) is 37.0 Å². The van der Waals surface area contributed by atoms with Crippen LogP contribution in [0.15, 0.2) is 23.1 Å². The molecule has 0 aliphatic rings. The number of amides is 1. The molecule has 106 valence electrons. The molecule has 1 aromatic rings. The van der Waals surface area contributed by atoms with E-state index in [1.165, 1.54) is 12.3 Å². The highest BCUT2D eigenvalue weighted by Crippen LogP contribution is 2.14. The Morgan fingerprint density at radius 1 is 1.47 bits per heavy atom. The molecule has 5 nitrogen and oxygen atoms in total. The number of nitrogens with one attached hydrogen (secondary N) is 2. The van der Waals surface area contributed by atoms with Gasteiger partial charge in [-0.15, -0.1) is 0 Å². The first kappa shape index (κ1) is 15.4. The zero-order valence-corrected chi connectivity index (χ0v) is 11.5. The molecule has 0 aliphatic carbocycles. The zero-order valence-electron chi connectivity index (χ0n) is 11.5. The minimum Gasteiger partial charge on any atom is -0.396 e. The molecule has 0 aliphatic heterocycles.